The van der Waals surface area contributed by atoms with Gasteiger partial charge < -0.3 is 5.32 Å². The second-order valence-corrected chi connectivity index (χ2v) is 10.3. The zero-order valence-electron chi connectivity index (χ0n) is 19.3. The number of rotatable bonds is 7. The Morgan fingerprint density at radius 3 is 2.47 bits per heavy atom. The lowest BCUT2D eigenvalue weighted by molar-refractivity contribution is -0.144. The molecule has 4 bridgehead atoms. The van der Waals surface area contributed by atoms with Gasteiger partial charge in [-0.05, 0) is 60.6 Å². The molecule has 168 valence electrons. The normalized spacial score (nSPS) is 31.1. The van der Waals surface area contributed by atoms with E-state index in [9.17, 15) is 4.79 Å². The number of amides is 1. The number of aliphatic imine (C=N–C) groups is 1. The monoisotopic (exact) mass is 429 g/mol. The maximum absolute atomic E-state index is 13.8. The molecular weight excluding hydrogens is 394 g/mol. The summed E-state index contributed by atoms with van der Waals surface area (Å²) in [6.45, 7) is 6.93. The number of carbonyl (C=O) groups is 1. The Bertz CT molecular complexity index is 957. The average Bonchev–Trinajstić information content (AvgIpc) is 2.82. The van der Waals surface area contributed by atoms with Crippen LogP contribution in [-0.2, 0) is 17.8 Å². The molecule has 3 heterocycles. The largest absolute Gasteiger partial charge is 0.354 e. The Balaban J connectivity index is 1.52. The molecule has 2 aromatic rings. The summed E-state index contributed by atoms with van der Waals surface area (Å²) in [5, 5.41) is 3.29. The standard InChI is InChI=1S/C28H35N3O/c1-20(2)17-29-27(32)28-24-13-14-31(19-22-11-7-4-8-12-22)26(28)25(23(16-24)18-30-28)15-21-9-5-3-6-10-21/h3-12,18,20,23-26H,13-17,19H2,1-2H3,(H,29,32)/t23-,24+,25+,26-,28-/m0/s1. The number of hydrogen-bond acceptors (Lipinski definition) is 3. The van der Waals surface area contributed by atoms with Crippen LogP contribution in [0.4, 0.5) is 0 Å². The molecule has 4 nitrogen and oxygen atoms in total. The molecule has 4 heteroatoms. The fourth-order valence-corrected chi connectivity index (χ4v) is 6.37. The van der Waals surface area contributed by atoms with Crippen LogP contribution in [0.3, 0.4) is 0 Å². The Hall–Kier alpha value is -2.46. The summed E-state index contributed by atoms with van der Waals surface area (Å²) in [5.74, 6) is 1.77. The lowest BCUT2D eigenvalue weighted by atomic mass is 9.54. The highest BCUT2D eigenvalue weighted by Gasteiger charge is 2.64. The van der Waals surface area contributed by atoms with Gasteiger partial charge in [0.1, 0.15) is 0 Å². The van der Waals surface area contributed by atoms with Crippen molar-refractivity contribution in [3.8, 4) is 0 Å². The number of piperidine rings is 1. The molecule has 1 aliphatic carbocycles. The van der Waals surface area contributed by atoms with E-state index in [1.807, 2.05) is 0 Å². The van der Waals surface area contributed by atoms with Crippen molar-refractivity contribution in [1.29, 1.82) is 0 Å². The predicted octanol–water partition coefficient (Wildman–Crippen LogP) is 4.35. The third kappa shape index (κ3) is 3.79. The second-order valence-electron chi connectivity index (χ2n) is 10.3. The zero-order valence-corrected chi connectivity index (χ0v) is 19.3. The van der Waals surface area contributed by atoms with Crippen LogP contribution < -0.4 is 5.32 Å². The fourth-order valence-electron chi connectivity index (χ4n) is 6.37. The maximum Gasteiger partial charge on any atom is 0.249 e. The van der Waals surface area contributed by atoms with Gasteiger partial charge in [0.05, 0.1) is 0 Å². The number of hydrogen-bond donors (Lipinski definition) is 1. The first kappa shape index (κ1) is 21.4. The fraction of sp³-hybridized carbons (Fsp3) is 0.500. The summed E-state index contributed by atoms with van der Waals surface area (Å²) in [6.07, 6.45) is 5.27. The molecular formula is C28H35N3O. The number of carbonyl (C=O) groups excluding carboxylic acids is 1. The van der Waals surface area contributed by atoms with Gasteiger partial charge in [-0.3, -0.25) is 14.7 Å². The topological polar surface area (TPSA) is 44.7 Å². The Kier molecular flexibility index (Phi) is 5.90. The van der Waals surface area contributed by atoms with Crippen molar-refractivity contribution in [2.45, 2.75) is 51.2 Å². The highest BCUT2D eigenvalue weighted by Crippen LogP contribution is 2.53. The molecule has 0 aromatic heterocycles. The van der Waals surface area contributed by atoms with Crippen LogP contribution >= 0.6 is 0 Å². The number of nitrogens with zero attached hydrogens (tertiary/aromatic N) is 2. The summed E-state index contributed by atoms with van der Waals surface area (Å²) in [7, 11) is 0. The first-order valence-corrected chi connectivity index (χ1v) is 12.2. The van der Waals surface area contributed by atoms with Gasteiger partial charge in [0.2, 0.25) is 5.91 Å². The Morgan fingerprint density at radius 2 is 1.78 bits per heavy atom. The van der Waals surface area contributed by atoms with E-state index in [0.717, 1.165) is 32.4 Å². The SMILES string of the molecule is CC(C)CNC(=O)[C@]12N=C[C@@H]3C[C@H]1CCN(Cc1ccccc1)[C@H]2[C@@H]3Cc1ccccc1. The van der Waals surface area contributed by atoms with Gasteiger partial charge >= 0.3 is 0 Å². The first-order valence-electron chi connectivity index (χ1n) is 12.2. The highest BCUT2D eigenvalue weighted by atomic mass is 16.2. The van der Waals surface area contributed by atoms with Gasteiger partial charge in [0.15, 0.2) is 5.54 Å². The minimum atomic E-state index is -0.657. The van der Waals surface area contributed by atoms with Gasteiger partial charge in [0, 0.05) is 25.3 Å². The van der Waals surface area contributed by atoms with Crippen LogP contribution in [0.25, 0.3) is 0 Å². The van der Waals surface area contributed by atoms with E-state index in [1.165, 1.54) is 11.1 Å². The van der Waals surface area contributed by atoms with Crippen molar-refractivity contribution in [2.75, 3.05) is 13.1 Å². The molecule has 6 rings (SSSR count). The molecule has 4 aliphatic rings. The number of benzene rings is 2. The number of likely N-dealkylation sites (tertiary alicyclic amines) is 1. The molecule has 1 N–H and O–H groups in total. The quantitative estimate of drug-likeness (QED) is 0.711. The van der Waals surface area contributed by atoms with Gasteiger partial charge in [-0.1, -0.05) is 74.5 Å². The highest BCUT2D eigenvalue weighted by molar-refractivity contribution is 5.91. The third-order valence-corrected chi connectivity index (χ3v) is 7.80. The molecule has 32 heavy (non-hydrogen) atoms. The average molecular weight is 430 g/mol. The van der Waals surface area contributed by atoms with Crippen LogP contribution in [-0.4, -0.2) is 41.7 Å². The molecule has 2 aromatic carbocycles. The van der Waals surface area contributed by atoms with Crippen LogP contribution in [0, 0.1) is 23.7 Å². The lowest BCUT2D eigenvalue weighted by Gasteiger charge is -2.61. The van der Waals surface area contributed by atoms with E-state index in [1.54, 1.807) is 0 Å². The predicted molar refractivity (Wildman–Crippen MR) is 130 cm³/mol. The molecule has 2 fully saturated rings. The molecule has 0 unspecified atom stereocenters. The molecule has 1 saturated carbocycles. The molecule has 0 radical (unpaired) electrons. The van der Waals surface area contributed by atoms with E-state index in [0.29, 0.717) is 30.2 Å². The minimum absolute atomic E-state index is 0.137. The minimum Gasteiger partial charge on any atom is -0.354 e. The summed E-state index contributed by atoms with van der Waals surface area (Å²) in [4.78, 5) is 21.5. The third-order valence-electron chi connectivity index (χ3n) is 7.80. The van der Waals surface area contributed by atoms with E-state index >= 15 is 0 Å². The molecule has 3 aliphatic heterocycles. The van der Waals surface area contributed by atoms with Gasteiger partial charge in [0.25, 0.3) is 0 Å². The van der Waals surface area contributed by atoms with Gasteiger partial charge in [-0.2, -0.15) is 0 Å². The smallest absolute Gasteiger partial charge is 0.249 e. The maximum atomic E-state index is 13.8. The summed E-state index contributed by atoms with van der Waals surface area (Å²) < 4.78 is 0. The summed E-state index contributed by atoms with van der Waals surface area (Å²) >= 11 is 0. The zero-order chi connectivity index (χ0) is 22.1. The van der Waals surface area contributed by atoms with Crippen LogP contribution in [0.2, 0.25) is 0 Å². The molecule has 5 atom stereocenters. The summed E-state index contributed by atoms with van der Waals surface area (Å²) in [6, 6.07) is 21.6. The first-order chi connectivity index (χ1) is 15.6. The summed E-state index contributed by atoms with van der Waals surface area (Å²) in [5.41, 5.74) is 2.02. The van der Waals surface area contributed by atoms with Crippen molar-refractivity contribution >= 4 is 12.1 Å². The van der Waals surface area contributed by atoms with Gasteiger partial charge in [-0.15, -0.1) is 0 Å². The van der Waals surface area contributed by atoms with E-state index in [2.05, 4.69) is 90.9 Å². The van der Waals surface area contributed by atoms with Gasteiger partial charge in [-0.25, -0.2) is 0 Å². The molecule has 1 amide bonds. The van der Waals surface area contributed by atoms with Crippen molar-refractivity contribution in [3.63, 3.8) is 0 Å². The van der Waals surface area contributed by atoms with E-state index in [4.69, 9.17) is 4.99 Å². The Morgan fingerprint density at radius 1 is 1.09 bits per heavy atom. The van der Waals surface area contributed by atoms with Crippen LogP contribution in [0.15, 0.2) is 65.7 Å². The second kappa shape index (κ2) is 8.82. The molecule has 0 spiro atoms. The van der Waals surface area contributed by atoms with Crippen LogP contribution in [0.1, 0.15) is 37.8 Å². The van der Waals surface area contributed by atoms with Crippen molar-refractivity contribution in [3.05, 3.63) is 71.8 Å². The lowest BCUT2D eigenvalue weighted by Crippen LogP contribution is -2.74. The van der Waals surface area contributed by atoms with Crippen LogP contribution in [0.5, 0.6) is 0 Å². The number of nitrogens with one attached hydrogen (secondary N) is 1. The van der Waals surface area contributed by atoms with Crippen molar-refractivity contribution in [2.24, 2.45) is 28.7 Å². The van der Waals surface area contributed by atoms with Crippen molar-refractivity contribution in [1.82, 2.24) is 10.2 Å². The Labute approximate surface area is 192 Å². The molecule has 1 saturated heterocycles. The van der Waals surface area contributed by atoms with E-state index < -0.39 is 5.54 Å². The van der Waals surface area contributed by atoms with Crippen molar-refractivity contribution < 1.29 is 4.79 Å². The van der Waals surface area contributed by atoms with E-state index in [-0.39, 0.29) is 11.9 Å².